The third-order valence-corrected chi connectivity index (χ3v) is 3.59. The molecule has 1 fully saturated rings. The zero-order valence-electron chi connectivity index (χ0n) is 11.8. The standard InChI is InChI=1S/C15H24FNO2/c1-5-8-9-13(18)17(10-6-2)15-14(16)11(4)12(7-3)19-15/h5-6,11-12,14-15H,1-2,7-10H2,3-4H3/t11-,12-,14+,15?/m1/s1. The number of nitrogens with zero attached hydrogens (tertiary/aromatic N) is 1. The molecule has 4 heteroatoms. The van der Waals surface area contributed by atoms with Crippen LogP contribution in [0.5, 0.6) is 0 Å². The van der Waals surface area contributed by atoms with E-state index in [1.165, 1.54) is 4.90 Å². The van der Waals surface area contributed by atoms with Crippen molar-refractivity contribution in [2.45, 2.75) is 51.6 Å². The zero-order valence-corrected chi connectivity index (χ0v) is 11.8. The van der Waals surface area contributed by atoms with Crippen LogP contribution in [-0.4, -0.2) is 35.9 Å². The Morgan fingerprint density at radius 1 is 1.42 bits per heavy atom. The summed E-state index contributed by atoms with van der Waals surface area (Å²) in [4.78, 5) is 13.6. The van der Waals surface area contributed by atoms with E-state index >= 15 is 0 Å². The van der Waals surface area contributed by atoms with Gasteiger partial charge in [0, 0.05) is 18.9 Å². The topological polar surface area (TPSA) is 29.5 Å². The van der Waals surface area contributed by atoms with E-state index in [9.17, 15) is 9.18 Å². The van der Waals surface area contributed by atoms with E-state index < -0.39 is 12.4 Å². The molecule has 0 aliphatic carbocycles. The summed E-state index contributed by atoms with van der Waals surface area (Å²) in [6.07, 6.45) is 2.90. The third kappa shape index (κ3) is 3.66. The lowest BCUT2D eigenvalue weighted by Crippen LogP contribution is -2.45. The lowest BCUT2D eigenvalue weighted by atomic mass is 9.99. The molecule has 1 saturated heterocycles. The highest BCUT2D eigenvalue weighted by atomic mass is 19.1. The number of ether oxygens (including phenoxy) is 1. The molecule has 1 aliphatic rings. The summed E-state index contributed by atoms with van der Waals surface area (Å²) < 4.78 is 20.0. The monoisotopic (exact) mass is 269 g/mol. The molecule has 0 spiro atoms. The molecule has 0 bridgehead atoms. The molecule has 0 aromatic heterocycles. The van der Waals surface area contributed by atoms with Crippen LogP contribution in [-0.2, 0) is 9.53 Å². The Balaban J connectivity index is 2.78. The number of amides is 1. The van der Waals surface area contributed by atoms with Crippen LogP contribution in [0.25, 0.3) is 0 Å². The van der Waals surface area contributed by atoms with E-state index in [1.54, 1.807) is 12.2 Å². The average Bonchev–Trinajstić information content (AvgIpc) is 2.69. The van der Waals surface area contributed by atoms with Gasteiger partial charge in [-0.3, -0.25) is 4.79 Å². The van der Waals surface area contributed by atoms with Crippen molar-refractivity contribution < 1.29 is 13.9 Å². The highest BCUT2D eigenvalue weighted by molar-refractivity contribution is 5.76. The highest BCUT2D eigenvalue weighted by Crippen LogP contribution is 2.33. The number of carbonyl (C=O) groups excluding carboxylic acids is 1. The third-order valence-electron chi connectivity index (χ3n) is 3.59. The van der Waals surface area contributed by atoms with E-state index in [1.807, 2.05) is 13.8 Å². The van der Waals surface area contributed by atoms with E-state index in [0.717, 1.165) is 6.42 Å². The number of alkyl halides is 1. The quantitative estimate of drug-likeness (QED) is 0.665. The van der Waals surface area contributed by atoms with Gasteiger partial charge in [-0.25, -0.2) is 4.39 Å². The Hall–Kier alpha value is -1.16. The first-order chi connectivity index (χ1) is 9.06. The molecule has 1 unspecified atom stereocenters. The maximum atomic E-state index is 14.3. The first kappa shape index (κ1) is 15.9. The molecule has 0 saturated carbocycles. The van der Waals surface area contributed by atoms with Crippen molar-refractivity contribution in [3.05, 3.63) is 25.3 Å². The Morgan fingerprint density at radius 3 is 2.58 bits per heavy atom. The zero-order chi connectivity index (χ0) is 14.4. The van der Waals surface area contributed by atoms with Gasteiger partial charge in [0.15, 0.2) is 6.23 Å². The van der Waals surface area contributed by atoms with Gasteiger partial charge in [-0.05, 0) is 12.8 Å². The van der Waals surface area contributed by atoms with Gasteiger partial charge < -0.3 is 9.64 Å². The number of hydrogen-bond donors (Lipinski definition) is 0. The van der Waals surface area contributed by atoms with E-state index in [2.05, 4.69) is 13.2 Å². The number of rotatable bonds is 7. The fourth-order valence-corrected chi connectivity index (χ4v) is 2.41. The molecule has 3 nitrogen and oxygen atoms in total. The fraction of sp³-hybridized carbons (Fsp3) is 0.667. The number of hydrogen-bond acceptors (Lipinski definition) is 2. The van der Waals surface area contributed by atoms with Gasteiger partial charge in [0.25, 0.3) is 0 Å². The van der Waals surface area contributed by atoms with Crippen LogP contribution in [0.3, 0.4) is 0 Å². The van der Waals surface area contributed by atoms with Crippen molar-refractivity contribution in [2.75, 3.05) is 6.54 Å². The largest absolute Gasteiger partial charge is 0.352 e. The highest BCUT2D eigenvalue weighted by Gasteiger charge is 2.45. The molecule has 4 atom stereocenters. The Labute approximate surface area is 115 Å². The molecule has 108 valence electrons. The molecule has 0 aromatic rings. The Bertz CT molecular complexity index is 332. The van der Waals surface area contributed by atoms with Crippen LogP contribution >= 0.6 is 0 Å². The summed E-state index contributed by atoms with van der Waals surface area (Å²) in [5, 5.41) is 0. The van der Waals surface area contributed by atoms with E-state index in [0.29, 0.717) is 19.4 Å². The summed E-state index contributed by atoms with van der Waals surface area (Å²) in [6, 6.07) is 0. The van der Waals surface area contributed by atoms with Gasteiger partial charge in [0.05, 0.1) is 6.10 Å². The van der Waals surface area contributed by atoms with Crippen LogP contribution in [0.4, 0.5) is 4.39 Å². The predicted molar refractivity (Wildman–Crippen MR) is 74.4 cm³/mol. The minimum absolute atomic E-state index is 0.114. The molecular weight excluding hydrogens is 245 g/mol. The number of carbonyl (C=O) groups is 1. The molecule has 0 N–H and O–H groups in total. The van der Waals surface area contributed by atoms with Crippen molar-refractivity contribution in [2.24, 2.45) is 5.92 Å². The van der Waals surface area contributed by atoms with Crippen molar-refractivity contribution in [3.8, 4) is 0 Å². The first-order valence-corrected chi connectivity index (χ1v) is 6.87. The van der Waals surface area contributed by atoms with Crippen LogP contribution in [0, 0.1) is 5.92 Å². The molecule has 1 rings (SSSR count). The SMILES string of the molecule is C=CCCC(=O)N(CC=C)C1O[C@H](CC)[C@@H](C)[C@@H]1F. The van der Waals surface area contributed by atoms with E-state index in [-0.39, 0.29) is 17.9 Å². The second-order valence-corrected chi connectivity index (χ2v) is 4.94. The lowest BCUT2D eigenvalue weighted by molar-refractivity contribution is -0.147. The summed E-state index contributed by atoms with van der Waals surface area (Å²) in [5.41, 5.74) is 0. The van der Waals surface area contributed by atoms with Gasteiger partial charge in [-0.15, -0.1) is 13.2 Å². The van der Waals surface area contributed by atoms with Crippen LogP contribution in [0.2, 0.25) is 0 Å². The number of halogens is 1. The van der Waals surface area contributed by atoms with Gasteiger partial charge in [-0.1, -0.05) is 26.0 Å². The summed E-state index contributed by atoms with van der Waals surface area (Å²) in [7, 11) is 0. The molecule has 1 heterocycles. The minimum Gasteiger partial charge on any atom is -0.352 e. The normalized spacial score (nSPS) is 30.1. The Morgan fingerprint density at radius 2 is 2.11 bits per heavy atom. The maximum absolute atomic E-state index is 14.3. The molecule has 0 radical (unpaired) electrons. The summed E-state index contributed by atoms with van der Waals surface area (Å²) in [6.45, 7) is 11.3. The molecule has 19 heavy (non-hydrogen) atoms. The molecule has 1 aliphatic heterocycles. The summed E-state index contributed by atoms with van der Waals surface area (Å²) >= 11 is 0. The smallest absolute Gasteiger partial charge is 0.225 e. The van der Waals surface area contributed by atoms with Gasteiger partial charge in [0.1, 0.15) is 6.17 Å². The van der Waals surface area contributed by atoms with Crippen molar-refractivity contribution in [1.29, 1.82) is 0 Å². The predicted octanol–water partition coefficient (Wildman–Crippen LogP) is 3.08. The van der Waals surface area contributed by atoms with Crippen LogP contribution < -0.4 is 0 Å². The van der Waals surface area contributed by atoms with Crippen molar-refractivity contribution in [1.82, 2.24) is 4.90 Å². The van der Waals surface area contributed by atoms with Gasteiger partial charge >= 0.3 is 0 Å². The van der Waals surface area contributed by atoms with Crippen molar-refractivity contribution in [3.63, 3.8) is 0 Å². The second-order valence-electron chi connectivity index (χ2n) is 4.94. The molecule has 0 aromatic carbocycles. The summed E-state index contributed by atoms with van der Waals surface area (Å²) in [5.74, 6) is -0.300. The maximum Gasteiger partial charge on any atom is 0.225 e. The van der Waals surface area contributed by atoms with Crippen LogP contribution in [0.1, 0.15) is 33.1 Å². The van der Waals surface area contributed by atoms with Gasteiger partial charge in [-0.2, -0.15) is 0 Å². The molecule has 1 amide bonds. The van der Waals surface area contributed by atoms with Crippen LogP contribution in [0.15, 0.2) is 25.3 Å². The van der Waals surface area contributed by atoms with Gasteiger partial charge in [0.2, 0.25) is 5.91 Å². The average molecular weight is 269 g/mol. The fourth-order valence-electron chi connectivity index (χ4n) is 2.41. The Kier molecular flexibility index (Phi) is 6.22. The van der Waals surface area contributed by atoms with E-state index in [4.69, 9.17) is 4.74 Å². The van der Waals surface area contributed by atoms with Crippen molar-refractivity contribution >= 4 is 5.91 Å². The number of allylic oxidation sites excluding steroid dienone is 1. The molecular formula is C15H24FNO2. The lowest BCUT2D eigenvalue weighted by Gasteiger charge is -2.29. The minimum atomic E-state index is -1.14. The second kappa shape index (κ2) is 7.43. The first-order valence-electron chi connectivity index (χ1n) is 6.87.